The van der Waals surface area contributed by atoms with Crippen molar-refractivity contribution in [2.45, 2.75) is 26.4 Å². The van der Waals surface area contributed by atoms with Crippen LogP contribution < -0.4 is 11.3 Å². The van der Waals surface area contributed by atoms with Crippen molar-refractivity contribution in [1.82, 2.24) is 20.2 Å². The van der Waals surface area contributed by atoms with Crippen LogP contribution in [0, 0.1) is 6.92 Å². The highest BCUT2D eigenvalue weighted by Crippen LogP contribution is 2.20. The second-order valence-electron chi connectivity index (χ2n) is 3.97. The molecule has 2 aromatic heterocycles. The van der Waals surface area contributed by atoms with Gasteiger partial charge in [0.2, 0.25) is 0 Å². The summed E-state index contributed by atoms with van der Waals surface area (Å²) in [5, 5.41) is 4.25. The lowest BCUT2D eigenvalue weighted by Crippen LogP contribution is -2.30. The summed E-state index contributed by atoms with van der Waals surface area (Å²) in [5.41, 5.74) is 6.03. The van der Waals surface area contributed by atoms with E-state index in [1.165, 1.54) is 0 Å². The molecule has 90 valence electrons. The minimum atomic E-state index is -0.0788. The standard InChI is InChI=1S/C12H17N5/c1-3-17-11(4-5-15-17)12(16-13)10-6-9(2)7-14-8-10/h4-8,12,16H,3,13H2,1-2H3. The second kappa shape index (κ2) is 5.07. The summed E-state index contributed by atoms with van der Waals surface area (Å²) in [5.74, 6) is 5.65. The van der Waals surface area contributed by atoms with Crippen molar-refractivity contribution in [3.05, 3.63) is 47.5 Å². The van der Waals surface area contributed by atoms with Gasteiger partial charge in [-0.05, 0) is 31.0 Å². The molecule has 5 nitrogen and oxygen atoms in total. The molecule has 0 aliphatic carbocycles. The average molecular weight is 231 g/mol. The Kier molecular flexibility index (Phi) is 3.51. The Morgan fingerprint density at radius 1 is 1.47 bits per heavy atom. The van der Waals surface area contributed by atoms with Gasteiger partial charge in [0.15, 0.2) is 0 Å². The molecular weight excluding hydrogens is 214 g/mol. The number of rotatable bonds is 4. The molecule has 5 heteroatoms. The van der Waals surface area contributed by atoms with Gasteiger partial charge >= 0.3 is 0 Å². The number of hydrogen-bond donors (Lipinski definition) is 2. The molecule has 0 fully saturated rings. The number of hydrogen-bond acceptors (Lipinski definition) is 4. The molecule has 0 aromatic carbocycles. The van der Waals surface area contributed by atoms with Gasteiger partial charge in [-0.25, -0.2) is 5.43 Å². The first-order valence-electron chi connectivity index (χ1n) is 5.65. The molecule has 3 N–H and O–H groups in total. The minimum absolute atomic E-state index is 0.0788. The van der Waals surface area contributed by atoms with Crippen LogP contribution in [0.4, 0.5) is 0 Å². The van der Waals surface area contributed by atoms with Crippen molar-refractivity contribution in [3.63, 3.8) is 0 Å². The van der Waals surface area contributed by atoms with E-state index < -0.39 is 0 Å². The number of nitrogens with two attached hydrogens (primary N) is 1. The first-order chi connectivity index (χ1) is 8.26. The molecule has 0 aliphatic rings. The van der Waals surface area contributed by atoms with Gasteiger partial charge in [0.1, 0.15) is 0 Å². The zero-order valence-electron chi connectivity index (χ0n) is 10.1. The molecule has 0 saturated carbocycles. The first kappa shape index (κ1) is 11.8. The van der Waals surface area contributed by atoms with Crippen LogP contribution in [0.5, 0.6) is 0 Å². The predicted molar refractivity (Wildman–Crippen MR) is 66.0 cm³/mol. The van der Waals surface area contributed by atoms with E-state index in [9.17, 15) is 0 Å². The largest absolute Gasteiger partial charge is 0.271 e. The van der Waals surface area contributed by atoms with Gasteiger partial charge in [-0.3, -0.25) is 15.5 Å². The highest BCUT2D eigenvalue weighted by molar-refractivity contribution is 5.27. The molecule has 1 atom stereocenters. The lowest BCUT2D eigenvalue weighted by molar-refractivity contribution is 0.542. The van der Waals surface area contributed by atoms with E-state index in [2.05, 4.69) is 28.5 Å². The molecule has 0 saturated heterocycles. The minimum Gasteiger partial charge on any atom is -0.271 e. The van der Waals surface area contributed by atoms with E-state index in [0.717, 1.165) is 23.4 Å². The Labute approximate surface area is 101 Å². The quantitative estimate of drug-likeness (QED) is 0.612. The Morgan fingerprint density at radius 2 is 2.29 bits per heavy atom. The van der Waals surface area contributed by atoms with E-state index in [1.54, 1.807) is 6.20 Å². The zero-order chi connectivity index (χ0) is 12.3. The van der Waals surface area contributed by atoms with Gasteiger partial charge in [0, 0.05) is 25.1 Å². The molecule has 17 heavy (non-hydrogen) atoms. The van der Waals surface area contributed by atoms with Gasteiger partial charge in [-0.1, -0.05) is 6.07 Å². The summed E-state index contributed by atoms with van der Waals surface area (Å²) < 4.78 is 1.92. The predicted octanol–water partition coefficient (Wildman–Crippen LogP) is 1.16. The SMILES string of the molecule is CCn1nccc1C(NN)c1cncc(C)c1. The van der Waals surface area contributed by atoms with Crippen LogP contribution in [0.15, 0.2) is 30.7 Å². The number of aromatic nitrogens is 3. The Hall–Kier alpha value is -1.72. The van der Waals surface area contributed by atoms with Crippen LogP contribution in [-0.2, 0) is 6.54 Å². The van der Waals surface area contributed by atoms with Crippen molar-refractivity contribution in [2.24, 2.45) is 5.84 Å². The molecule has 2 rings (SSSR count). The molecule has 2 heterocycles. The van der Waals surface area contributed by atoms with Gasteiger partial charge < -0.3 is 0 Å². The van der Waals surface area contributed by atoms with Crippen LogP contribution in [0.1, 0.15) is 29.8 Å². The van der Waals surface area contributed by atoms with Crippen LogP contribution >= 0.6 is 0 Å². The van der Waals surface area contributed by atoms with Crippen molar-refractivity contribution in [2.75, 3.05) is 0 Å². The van der Waals surface area contributed by atoms with Crippen LogP contribution in [0.3, 0.4) is 0 Å². The van der Waals surface area contributed by atoms with Gasteiger partial charge in [-0.15, -0.1) is 0 Å². The van der Waals surface area contributed by atoms with Crippen LogP contribution in [0.25, 0.3) is 0 Å². The number of nitrogens with one attached hydrogen (secondary N) is 1. The maximum absolute atomic E-state index is 5.65. The zero-order valence-corrected chi connectivity index (χ0v) is 10.1. The fourth-order valence-electron chi connectivity index (χ4n) is 1.94. The number of aryl methyl sites for hydroxylation is 2. The van der Waals surface area contributed by atoms with Gasteiger partial charge in [0.25, 0.3) is 0 Å². The Balaban J connectivity index is 2.40. The molecule has 1 unspecified atom stereocenters. The molecule has 0 radical (unpaired) electrons. The normalized spacial score (nSPS) is 12.6. The van der Waals surface area contributed by atoms with E-state index >= 15 is 0 Å². The lowest BCUT2D eigenvalue weighted by atomic mass is 10.1. The van der Waals surface area contributed by atoms with E-state index in [4.69, 9.17) is 5.84 Å². The fourth-order valence-corrected chi connectivity index (χ4v) is 1.94. The van der Waals surface area contributed by atoms with Crippen molar-refractivity contribution in [3.8, 4) is 0 Å². The van der Waals surface area contributed by atoms with Crippen molar-refractivity contribution in [1.29, 1.82) is 0 Å². The summed E-state index contributed by atoms with van der Waals surface area (Å²) in [6, 6.07) is 3.96. The third-order valence-electron chi connectivity index (χ3n) is 2.74. The summed E-state index contributed by atoms with van der Waals surface area (Å²) >= 11 is 0. The van der Waals surface area contributed by atoms with Crippen molar-refractivity contribution < 1.29 is 0 Å². The van der Waals surface area contributed by atoms with E-state index in [0.29, 0.717) is 0 Å². The topological polar surface area (TPSA) is 68.8 Å². The monoisotopic (exact) mass is 231 g/mol. The van der Waals surface area contributed by atoms with E-state index in [1.807, 2.05) is 30.1 Å². The fraction of sp³-hybridized carbons (Fsp3) is 0.333. The summed E-state index contributed by atoms with van der Waals surface area (Å²) in [6.07, 6.45) is 5.44. The second-order valence-corrected chi connectivity index (χ2v) is 3.97. The summed E-state index contributed by atoms with van der Waals surface area (Å²) in [4.78, 5) is 4.19. The maximum Gasteiger partial charge on any atom is 0.0893 e. The highest BCUT2D eigenvalue weighted by Gasteiger charge is 2.16. The lowest BCUT2D eigenvalue weighted by Gasteiger charge is -2.17. The Bertz CT molecular complexity index is 491. The number of hydrazine groups is 1. The third-order valence-corrected chi connectivity index (χ3v) is 2.74. The summed E-state index contributed by atoms with van der Waals surface area (Å²) in [6.45, 7) is 4.89. The Morgan fingerprint density at radius 3 is 2.94 bits per heavy atom. The third kappa shape index (κ3) is 2.35. The smallest absolute Gasteiger partial charge is 0.0893 e. The molecule has 0 aliphatic heterocycles. The van der Waals surface area contributed by atoms with Gasteiger partial charge in [-0.2, -0.15) is 5.10 Å². The van der Waals surface area contributed by atoms with E-state index in [-0.39, 0.29) is 6.04 Å². The van der Waals surface area contributed by atoms with Crippen molar-refractivity contribution >= 4 is 0 Å². The average Bonchev–Trinajstić information content (AvgIpc) is 2.78. The number of pyridine rings is 1. The molecule has 2 aromatic rings. The summed E-state index contributed by atoms with van der Waals surface area (Å²) in [7, 11) is 0. The molecule has 0 spiro atoms. The number of nitrogens with zero attached hydrogens (tertiary/aromatic N) is 3. The first-order valence-corrected chi connectivity index (χ1v) is 5.65. The maximum atomic E-state index is 5.65. The van der Waals surface area contributed by atoms with Crippen LogP contribution in [0.2, 0.25) is 0 Å². The molecule has 0 amide bonds. The van der Waals surface area contributed by atoms with Gasteiger partial charge in [0.05, 0.1) is 11.7 Å². The van der Waals surface area contributed by atoms with Crippen LogP contribution in [-0.4, -0.2) is 14.8 Å². The molecular formula is C12H17N5. The highest BCUT2D eigenvalue weighted by atomic mass is 15.3. The molecule has 0 bridgehead atoms.